The quantitative estimate of drug-likeness (QED) is 0.772. The molecule has 1 aromatic carbocycles. The number of rotatable bonds is 2. The number of para-hydroxylation sites is 1. The van der Waals surface area contributed by atoms with Crippen molar-refractivity contribution in [2.45, 2.75) is 0 Å². The lowest BCUT2D eigenvalue weighted by molar-refractivity contribution is 0.0745. The highest BCUT2D eigenvalue weighted by Crippen LogP contribution is 2.15. The van der Waals surface area contributed by atoms with E-state index in [-0.39, 0.29) is 11.5 Å². The van der Waals surface area contributed by atoms with Gasteiger partial charge in [0.05, 0.1) is 22.7 Å². The van der Waals surface area contributed by atoms with Crippen molar-refractivity contribution in [3.05, 3.63) is 58.8 Å². The minimum Gasteiger partial charge on any atom is -0.472 e. The predicted molar refractivity (Wildman–Crippen MR) is 89.2 cm³/mol. The number of furan rings is 1. The van der Waals surface area contributed by atoms with Gasteiger partial charge in [-0.15, -0.1) is 0 Å². The number of nitrogens with one attached hydrogen (secondary N) is 1. The summed E-state index contributed by atoms with van der Waals surface area (Å²) in [5.74, 6) is 0.512. The van der Waals surface area contributed by atoms with E-state index in [0.717, 1.165) is 0 Å². The second-order valence-electron chi connectivity index (χ2n) is 5.70. The van der Waals surface area contributed by atoms with Crippen LogP contribution in [-0.4, -0.2) is 47.0 Å². The molecule has 1 fully saturated rings. The Morgan fingerprint density at radius 3 is 2.67 bits per heavy atom. The van der Waals surface area contributed by atoms with Crippen molar-refractivity contribution in [2.24, 2.45) is 0 Å². The number of carbonyl (C=O) groups is 1. The third-order valence-electron chi connectivity index (χ3n) is 4.23. The third kappa shape index (κ3) is 2.54. The predicted octanol–water partition coefficient (Wildman–Crippen LogP) is 1.48. The first-order chi connectivity index (χ1) is 11.7. The molecule has 1 amide bonds. The second-order valence-corrected chi connectivity index (χ2v) is 5.70. The molecular weight excluding hydrogens is 308 g/mol. The van der Waals surface area contributed by atoms with Crippen LogP contribution >= 0.6 is 0 Å². The Labute approximate surface area is 137 Å². The molecule has 3 aromatic rings. The van der Waals surface area contributed by atoms with Crippen molar-refractivity contribution in [1.29, 1.82) is 0 Å². The number of fused-ring (bicyclic) bond motifs is 1. The monoisotopic (exact) mass is 324 g/mol. The van der Waals surface area contributed by atoms with Crippen LogP contribution in [0.2, 0.25) is 0 Å². The van der Waals surface area contributed by atoms with E-state index in [1.807, 2.05) is 23.1 Å². The molecule has 0 saturated carbocycles. The van der Waals surface area contributed by atoms with Gasteiger partial charge in [-0.2, -0.15) is 0 Å². The minimum atomic E-state index is -0.146. The van der Waals surface area contributed by atoms with Gasteiger partial charge in [-0.1, -0.05) is 12.1 Å². The lowest BCUT2D eigenvalue weighted by atomic mass is 10.2. The van der Waals surface area contributed by atoms with Crippen molar-refractivity contribution < 1.29 is 9.21 Å². The Balaban J connectivity index is 1.52. The van der Waals surface area contributed by atoms with Gasteiger partial charge in [-0.25, -0.2) is 4.98 Å². The van der Waals surface area contributed by atoms with Gasteiger partial charge in [-0.3, -0.25) is 14.6 Å². The summed E-state index contributed by atoms with van der Waals surface area (Å²) in [6.45, 7) is 2.37. The van der Waals surface area contributed by atoms with E-state index in [2.05, 4.69) is 9.97 Å². The molecule has 24 heavy (non-hydrogen) atoms. The highest BCUT2D eigenvalue weighted by atomic mass is 16.3. The summed E-state index contributed by atoms with van der Waals surface area (Å²) in [5.41, 5.74) is 1.08. The molecule has 7 heteroatoms. The molecule has 1 aliphatic heterocycles. The van der Waals surface area contributed by atoms with Gasteiger partial charge >= 0.3 is 0 Å². The zero-order valence-electron chi connectivity index (χ0n) is 12.9. The lowest BCUT2D eigenvalue weighted by Gasteiger charge is -2.34. The van der Waals surface area contributed by atoms with Crippen molar-refractivity contribution in [1.82, 2.24) is 14.9 Å². The summed E-state index contributed by atoms with van der Waals surface area (Å²) < 4.78 is 4.96. The van der Waals surface area contributed by atoms with Crippen LogP contribution in [0.25, 0.3) is 10.9 Å². The van der Waals surface area contributed by atoms with Gasteiger partial charge in [-0.05, 0) is 18.2 Å². The van der Waals surface area contributed by atoms with E-state index in [1.165, 1.54) is 12.5 Å². The van der Waals surface area contributed by atoms with Gasteiger partial charge in [0.15, 0.2) is 0 Å². The van der Waals surface area contributed by atoms with Crippen LogP contribution in [-0.2, 0) is 0 Å². The van der Waals surface area contributed by atoms with Crippen LogP contribution in [0.4, 0.5) is 5.95 Å². The summed E-state index contributed by atoms with van der Waals surface area (Å²) >= 11 is 0. The van der Waals surface area contributed by atoms with Crippen LogP contribution < -0.4 is 10.5 Å². The number of carbonyl (C=O) groups excluding carboxylic acids is 1. The van der Waals surface area contributed by atoms with Gasteiger partial charge < -0.3 is 14.2 Å². The highest BCUT2D eigenvalue weighted by Gasteiger charge is 2.24. The number of benzene rings is 1. The van der Waals surface area contributed by atoms with Gasteiger partial charge in [0, 0.05) is 26.2 Å². The van der Waals surface area contributed by atoms with Gasteiger partial charge in [0.1, 0.15) is 6.26 Å². The normalized spacial score (nSPS) is 15.0. The molecular formula is C17H16N4O3. The third-order valence-corrected chi connectivity index (χ3v) is 4.23. The molecule has 3 heterocycles. The number of nitrogens with zero attached hydrogens (tertiary/aromatic N) is 3. The van der Waals surface area contributed by atoms with Gasteiger partial charge in [0.2, 0.25) is 5.95 Å². The summed E-state index contributed by atoms with van der Waals surface area (Å²) in [6.07, 6.45) is 2.95. The van der Waals surface area contributed by atoms with Crippen molar-refractivity contribution in [3.8, 4) is 0 Å². The fraction of sp³-hybridized carbons (Fsp3) is 0.235. The number of piperazine rings is 1. The Hall–Kier alpha value is -3.09. The average molecular weight is 324 g/mol. The molecule has 1 saturated heterocycles. The van der Waals surface area contributed by atoms with E-state index in [1.54, 1.807) is 17.0 Å². The highest BCUT2D eigenvalue weighted by molar-refractivity contribution is 5.94. The van der Waals surface area contributed by atoms with Crippen molar-refractivity contribution >= 4 is 22.8 Å². The smallest absolute Gasteiger partial charge is 0.260 e. The molecule has 0 atom stereocenters. The van der Waals surface area contributed by atoms with E-state index >= 15 is 0 Å². The molecule has 0 bridgehead atoms. The van der Waals surface area contributed by atoms with Crippen LogP contribution in [0.1, 0.15) is 10.4 Å². The molecule has 0 unspecified atom stereocenters. The number of aromatic amines is 1. The van der Waals surface area contributed by atoms with E-state index in [9.17, 15) is 9.59 Å². The topological polar surface area (TPSA) is 82.4 Å². The van der Waals surface area contributed by atoms with Crippen LogP contribution in [0, 0.1) is 0 Å². The zero-order chi connectivity index (χ0) is 16.5. The number of amides is 1. The average Bonchev–Trinajstić information content (AvgIpc) is 3.16. The van der Waals surface area contributed by atoms with Crippen molar-refractivity contribution in [3.63, 3.8) is 0 Å². The maximum Gasteiger partial charge on any atom is 0.260 e. The zero-order valence-corrected chi connectivity index (χ0v) is 12.9. The molecule has 2 aromatic heterocycles. The molecule has 0 aliphatic carbocycles. The number of anilines is 1. The van der Waals surface area contributed by atoms with Gasteiger partial charge in [0.25, 0.3) is 11.5 Å². The largest absolute Gasteiger partial charge is 0.472 e. The fourth-order valence-corrected chi connectivity index (χ4v) is 2.91. The maximum absolute atomic E-state index is 12.3. The minimum absolute atomic E-state index is 0.0386. The number of aromatic nitrogens is 2. The lowest BCUT2D eigenvalue weighted by Crippen LogP contribution is -2.49. The Morgan fingerprint density at radius 2 is 1.92 bits per heavy atom. The number of H-pyrrole nitrogens is 1. The van der Waals surface area contributed by atoms with Crippen LogP contribution in [0.3, 0.4) is 0 Å². The molecule has 0 radical (unpaired) electrons. The van der Waals surface area contributed by atoms with Crippen LogP contribution in [0.15, 0.2) is 52.1 Å². The summed E-state index contributed by atoms with van der Waals surface area (Å²) in [6, 6.07) is 8.93. The van der Waals surface area contributed by atoms with E-state index < -0.39 is 0 Å². The maximum atomic E-state index is 12.3. The van der Waals surface area contributed by atoms with E-state index in [0.29, 0.717) is 48.6 Å². The Kier molecular flexibility index (Phi) is 3.53. The number of hydrogen-bond acceptors (Lipinski definition) is 5. The molecule has 1 N–H and O–H groups in total. The summed E-state index contributed by atoms with van der Waals surface area (Å²) in [5, 5.41) is 0.579. The second kappa shape index (κ2) is 5.84. The molecule has 122 valence electrons. The fourth-order valence-electron chi connectivity index (χ4n) is 2.91. The molecule has 4 rings (SSSR count). The Bertz CT molecular complexity index is 924. The number of hydrogen-bond donors (Lipinski definition) is 1. The van der Waals surface area contributed by atoms with Crippen LogP contribution in [0.5, 0.6) is 0 Å². The summed E-state index contributed by atoms with van der Waals surface area (Å²) in [4.78, 5) is 35.6. The summed E-state index contributed by atoms with van der Waals surface area (Å²) in [7, 11) is 0. The molecule has 7 nitrogen and oxygen atoms in total. The van der Waals surface area contributed by atoms with E-state index in [4.69, 9.17) is 4.42 Å². The Morgan fingerprint density at radius 1 is 1.12 bits per heavy atom. The standard InChI is InChI=1S/C17H16N4O3/c22-15-13-3-1-2-4-14(13)18-17(19-15)21-8-6-20(7-9-21)16(23)12-5-10-24-11-12/h1-5,10-11H,6-9H2,(H,18,19,22). The SMILES string of the molecule is O=C(c1ccoc1)N1CCN(c2nc3ccccc3c(=O)[nH]2)CC1. The first-order valence-electron chi connectivity index (χ1n) is 7.78. The van der Waals surface area contributed by atoms with Crippen molar-refractivity contribution in [2.75, 3.05) is 31.1 Å². The molecule has 1 aliphatic rings. The first kappa shape index (κ1) is 14.5. The first-order valence-corrected chi connectivity index (χ1v) is 7.78. The molecule has 0 spiro atoms.